The topological polar surface area (TPSA) is 114 Å². The lowest BCUT2D eigenvalue weighted by molar-refractivity contribution is -0.274. The van der Waals surface area contributed by atoms with Crippen molar-refractivity contribution in [2.75, 3.05) is 26.4 Å². The Morgan fingerprint density at radius 2 is 1.82 bits per heavy atom. The van der Waals surface area contributed by atoms with E-state index in [9.17, 15) is 36.7 Å². The summed E-state index contributed by atoms with van der Waals surface area (Å²) in [5.74, 6) is -3.35. The van der Waals surface area contributed by atoms with Crippen molar-refractivity contribution >= 4 is 23.5 Å². The molecular weight excluding hydrogens is 526 g/mol. The number of ketones is 1. The number of benzene rings is 1. The fourth-order valence-electron chi connectivity index (χ4n) is 5.82. The largest absolute Gasteiger partial charge is 0.573 e. The molecule has 0 aromatic heterocycles. The zero-order valence-corrected chi connectivity index (χ0v) is 21.7. The number of nitrogens with zero attached hydrogens (tertiary/aromatic N) is 1. The van der Waals surface area contributed by atoms with Crippen LogP contribution in [0.2, 0.25) is 0 Å². The number of nitrogens with one attached hydrogen (secondary N) is 2. The fraction of sp³-hybridized carbons (Fsp3) is 0.615. The molecule has 3 aliphatic rings. The van der Waals surface area contributed by atoms with Gasteiger partial charge in [0.1, 0.15) is 24.2 Å². The van der Waals surface area contributed by atoms with Crippen molar-refractivity contribution < 1.29 is 46.2 Å². The Balaban J connectivity index is 1.42. The molecule has 3 amide bonds. The Morgan fingerprint density at radius 1 is 1.18 bits per heavy atom. The minimum Gasteiger partial charge on any atom is -0.484 e. The molecule has 9 nitrogen and oxygen atoms in total. The third-order valence-corrected chi connectivity index (χ3v) is 8.17. The smallest absolute Gasteiger partial charge is 0.484 e. The highest BCUT2D eigenvalue weighted by Gasteiger charge is 2.69. The van der Waals surface area contributed by atoms with Crippen LogP contribution in [0.25, 0.3) is 0 Å². The summed E-state index contributed by atoms with van der Waals surface area (Å²) < 4.78 is 59.7. The van der Waals surface area contributed by atoms with Crippen LogP contribution < -0.4 is 20.1 Å². The van der Waals surface area contributed by atoms with Crippen LogP contribution in [-0.2, 0) is 19.2 Å². The Labute approximate surface area is 222 Å². The second-order valence-electron chi connectivity index (χ2n) is 11.0. The van der Waals surface area contributed by atoms with E-state index in [-0.39, 0.29) is 47.8 Å². The van der Waals surface area contributed by atoms with Crippen LogP contribution in [0.5, 0.6) is 11.5 Å². The Kier molecular flexibility index (Phi) is 7.82. The lowest BCUT2D eigenvalue weighted by atomic mass is 9.89. The van der Waals surface area contributed by atoms with Gasteiger partial charge in [-0.05, 0) is 53.9 Å². The van der Waals surface area contributed by atoms with Crippen molar-refractivity contribution in [3.05, 3.63) is 24.3 Å². The molecule has 3 fully saturated rings. The molecule has 2 heterocycles. The summed E-state index contributed by atoms with van der Waals surface area (Å²) in [4.78, 5) is 52.4. The van der Waals surface area contributed by atoms with Crippen molar-refractivity contribution in [3.63, 3.8) is 0 Å². The number of halogens is 4. The number of hydrogen-bond acceptors (Lipinski definition) is 6. The highest BCUT2D eigenvalue weighted by Crippen LogP contribution is 2.64. The van der Waals surface area contributed by atoms with Crippen LogP contribution in [0, 0.1) is 29.1 Å². The summed E-state index contributed by atoms with van der Waals surface area (Å²) in [6.45, 7) is 4.69. The number of amides is 3. The molecule has 0 radical (unpaired) electrons. The second kappa shape index (κ2) is 10.6. The predicted octanol–water partition coefficient (Wildman–Crippen LogP) is 2.24. The van der Waals surface area contributed by atoms with Crippen molar-refractivity contribution in [3.8, 4) is 11.5 Å². The van der Waals surface area contributed by atoms with E-state index < -0.39 is 61.0 Å². The van der Waals surface area contributed by atoms with Crippen LogP contribution in [0.3, 0.4) is 0 Å². The zero-order valence-electron chi connectivity index (χ0n) is 21.7. The van der Waals surface area contributed by atoms with E-state index in [4.69, 9.17) is 4.74 Å². The molecule has 2 unspecified atom stereocenters. The van der Waals surface area contributed by atoms with Gasteiger partial charge in [0.2, 0.25) is 11.8 Å². The first kappa shape index (κ1) is 28.6. The molecule has 2 saturated heterocycles. The molecule has 1 saturated carbocycles. The lowest BCUT2D eigenvalue weighted by Gasteiger charge is -2.31. The average molecular weight is 558 g/mol. The average Bonchev–Trinajstić information content (AvgIpc) is 3.17. The van der Waals surface area contributed by atoms with E-state index in [0.29, 0.717) is 6.54 Å². The van der Waals surface area contributed by atoms with Gasteiger partial charge in [0.15, 0.2) is 12.4 Å². The van der Waals surface area contributed by atoms with E-state index >= 15 is 0 Å². The lowest BCUT2D eigenvalue weighted by Crippen LogP contribution is -2.55. The standard InChI is InChI=1S/C26H31F4N3O6/c1-13-10-31-23(36)16(13)8-18(19(34)9-27)32-24(37)22-21-17(25(21,2)3)11-33(22)20(35)12-38-14-4-6-15(7-5-14)39-26(28,29)30/h4-7,13,16-18,21-22H,8-12H2,1-3H3,(H,31,36)(H,32,37)/t13?,16-,17+,18+,21-,22?/m1/s1. The monoisotopic (exact) mass is 557 g/mol. The van der Waals surface area contributed by atoms with Gasteiger partial charge in [0, 0.05) is 19.0 Å². The van der Waals surface area contributed by atoms with Gasteiger partial charge in [-0.1, -0.05) is 20.8 Å². The number of alkyl halides is 4. The van der Waals surface area contributed by atoms with Gasteiger partial charge in [0.25, 0.3) is 5.91 Å². The van der Waals surface area contributed by atoms with Gasteiger partial charge in [-0.15, -0.1) is 13.2 Å². The minimum atomic E-state index is -4.84. The molecule has 39 heavy (non-hydrogen) atoms. The molecule has 214 valence electrons. The van der Waals surface area contributed by atoms with Gasteiger partial charge < -0.3 is 25.0 Å². The molecule has 2 N–H and O–H groups in total. The van der Waals surface area contributed by atoms with Gasteiger partial charge in [-0.25, -0.2) is 4.39 Å². The van der Waals surface area contributed by atoms with Crippen LogP contribution in [0.4, 0.5) is 17.6 Å². The molecule has 0 bridgehead atoms. The van der Waals surface area contributed by atoms with Gasteiger partial charge in [-0.2, -0.15) is 0 Å². The molecule has 1 aromatic carbocycles. The zero-order chi connectivity index (χ0) is 28.7. The maximum Gasteiger partial charge on any atom is 0.573 e. The number of piperidine rings is 1. The number of likely N-dealkylation sites (tertiary alicyclic amines) is 1. The van der Waals surface area contributed by atoms with E-state index in [1.54, 1.807) is 0 Å². The van der Waals surface area contributed by atoms with Gasteiger partial charge >= 0.3 is 6.36 Å². The van der Waals surface area contributed by atoms with Crippen molar-refractivity contribution in [2.45, 2.75) is 45.6 Å². The van der Waals surface area contributed by atoms with E-state index in [0.717, 1.165) is 12.1 Å². The van der Waals surface area contributed by atoms with Crippen LogP contribution in [0.1, 0.15) is 27.2 Å². The Hall–Kier alpha value is -3.38. The van der Waals surface area contributed by atoms with Crippen LogP contribution in [-0.4, -0.2) is 73.2 Å². The second-order valence-corrected chi connectivity index (χ2v) is 11.0. The number of fused-ring (bicyclic) bond motifs is 1. The summed E-state index contributed by atoms with van der Waals surface area (Å²) in [7, 11) is 0. The maximum atomic E-state index is 13.5. The molecule has 6 atom stereocenters. The van der Waals surface area contributed by atoms with Crippen molar-refractivity contribution in [1.82, 2.24) is 15.5 Å². The molecule has 1 aliphatic carbocycles. The SMILES string of the molecule is CC1CNC(=O)[C@@H]1C[C@H](NC(=O)C1[C@H]2[C@H](CN1C(=O)COc1ccc(OC(F)(F)F)cc1)C2(C)C)C(=O)CF. The number of ether oxygens (including phenoxy) is 2. The Morgan fingerprint density at radius 3 is 2.38 bits per heavy atom. The number of Topliss-reactive ketones (excluding diaryl/α,β-unsaturated/α-hetero) is 1. The molecule has 1 aromatic rings. The quantitative estimate of drug-likeness (QED) is 0.427. The van der Waals surface area contributed by atoms with Gasteiger partial charge in [-0.3, -0.25) is 19.2 Å². The summed E-state index contributed by atoms with van der Waals surface area (Å²) in [6, 6.07) is 2.39. The summed E-state index contributed by atoms with van der Waals surface area (Å²) >= 11 is 0. The molecule has 13 heteroatoms. The van der Waals surface area contributed by atoms with Gasteiger partial charge in [0.05, 0.1) is 6.04 Å². The van der Waals surface area contributed by atoms with E-state index in [1.807, 2.05) is 20.8 Å². The fourth-order valence-corrected chi connectivity index (χ4v) is 5.82. The van der Waals surface area contributed by atoms with Crippen LogP contribution >= 0.6 is 0 Å². The number of carbonyl (C=O) groups is 4. The highest BCUT2D eigenvalue weighted by atomic mass is 19.4. The minimum absolute atomic E-state index is 0.0342. The molecule has 0 spiro atoms. The Bertz CT molecular complexity index is 1130. The normalized spacial score (nSPS) is 27.8. The molecule has 2 aliphatic heterocycles. The third-order valence-electron chi connectivity index (χ3n) is 8.17. The van der Waals surface area contributed by atoms with Crippen molar-refractivity contribution in [1.29, 1.82) is 0 Å². The van der Waals surface area contributed by atoms with E-state index in [2.05, 4.69) is 15.4 Å². The number of rotatable bonds is 10. The summed E-state index contributed by atoms with van der Waals surface area (Å²) in [5.41, 5.74) is -0.229. The number of carbonyl (C=O) groups excluding carboxylic acids is 4. The first-order valence-corrected chi connectivity index (χ1v) is 12.7. The maximum absolute atomic E-state index is 13.5. The molecular formula is C26H31F4N3O6. The summed E-state index contributed by atoms with van der Waals surface area (Å²) in [6.07, 6.45) is -4.88. The number of hydrogen-bond donors (Lipinski definition) is 2. The molecule has 4 rings (SSSR count). The van der Waals surface area contributed by atoms with Crippen molar-refractivity contribution in [2.24, 2.45) is 29.1 Å². The van der Waals surface area contributed by atoms with E-state index in [1.165, 1.54) is 17.0 Å². The first-order valence-electron chi connectivity index (χ1n) is 12.7. The van der Waals surface area contributed by atoms with Crippen LogP contribution in [0.15, 0.2) is 24.3 Å². The summed E-state index contributed by atoms with van der Waals surface area (Å²) in [5, 5.41) is 5.30. The highest BCUT2D eigenvalue weighted by molar-refractivity contribution is 5.95. The third kappa shape index (κ3) is 6.11. The first-order chi connectivity index (χ1) is 18.2. The predicted molar refractivity (Wildman–Crippen MR) is 128 cm³/mol.